The van der Waals surface area contributed by atoms with Gasteiger partial charge in [-0.3, -0.25) is 4.79 Å². The van der Waals surface area contributed by atoms with Gasteiger partial charge in [0.2, 0.25) is 5.91 Å². The number of hydrogen-bond acceptors (Lipinski definition) is 3. The van der Waals surface area contributed by atoms with E-state index in [1.54, 1.807) is 23.9 Å². The van der Waals surface area contributed by atoms with Crippen LogP contribution in [0.1, 0.15) is 25.7 Å². The third kappa shape index (κ3) is 3.42. The number of aliphatic hydroxyl groups excluding tert-OH is 1. The Morgan fingerprint density at radius 3 is 2.50 bits per heavy atom. The van der Waals surface area contributed by atoms with E-state index in [1.165, 1.54) is 0 Å². The molecule has 0 bridgehead atoms. The minimum Gasteiger partial charge on any atom is -0.395 e. The molecule has 1 unspecified atom stereocenters. The van der Waals surface area contributed by atoms with Crippen molar-refractivity contribution in [2.75, 3.05) is 40.3 Å². The Morgan fingerprint density at radius 2 is 1.95 bits per heavy atom. The summed E-state index contributed by atoms with van der Waals surface area (Å²) < 4.78 is 0. The van der Waals surface area contributed by atoms with Gasteiger partial charge < -0.3 is 19.8 Å². The predicted molar refractivity (Wildman–Crippen MR) is 75.2 cm³/mol. The van der Waals surface area contributed by atoms with Crippen molar-refractivity contribution in [2.45, 2.75) is 31.7 Å². The lowest BCUT2D eigenvalue weighted by Gasteiger charge is -2.36. The summed E-state index contributed by atoms with van der Waals surface area (Å²) in [7, 11) is 3.46. The fourth-order valence-electron chi connectivity index (χ4n) is 2.84. The summed E-state index contributed by atoms with van der Waals surface area (Å²) in [5.74, 6) is -0.00222. The summed E-state index contributed by atoms with van der Waals surface area (Å²) in [6, 6.07) is 0.289. The topological polar surface area (TPSA) is 64.1 Å². The predicted octanol–water partition coefficient (Wildman–Crippen LogP) is 0.363. The van der Waals surface area contributed by atoms with Gasteiger partial charge in [0.1, 0.15) is 0 Å². The zero-order valence-corrected chi connectivity index (χ0v) is 12.4. The van der Waals surface area contributed by atoms with Crippen LogP contribution in [-0.4, -0.2) is 78.1 Å². The molecule has 0 radical (unpaired) electrons. The molecule has 1 aliphatic heterocycles. The van der Waals surface area contributed by atoms with Crippen molar-refractivity contribution < 1.29 is 14.7 Å². The molecular formula is C14H25N3O3. The molecule has 114 valence electrons. The van der Waals surface area contributed by atoms with Gasteiger partial charge in [0.25, 0.3) is 0 Å². The second kappa shape index (κ2) is 6.43. The maximum absolute atomic E-state index is 12.6. The van der Waals surface area contributed by atoms with Gasteiger partial charge in [-0.2, -0.15) is 0 Å². The third-order valence-electron chi connectivity index (χ3n) is 4.04. The first kappa shape index (κ1) is 15.1. The van der Waals surface area contributed by atoms with Crippen molar-refractivity contribution in [3.8, 4) is 0 Å². The SMILES string of the molecule is CN(C)C(=O)N1CCCC(C(=O)N(CCO)C2CC2)C1. The minimum absolute atomic E-state index is 0.00923. The molecule has 0 aromatic heterocycles. The van der Waals surface area contributed by atoms with Crippen LogP contribution in [0.4, 0.5) is 4.79 Å². The van der Waals surface area contributed by atoms with Gasteiger partial charge in [-0.05, 0) is 25.7 Å². The van der Waals surface area contributed by atoms with Crippen LogP contribution in [0, 0.1) is 5.92 Å². The molecule has 1 saturated carbocycles. The third-order valence-corrected chi connectivity index (χ3v) is 4.04. The zero-order chi connectivity index (χ0) is 14.7. The van der Waals surface area contributed by atoms with Gasteiger partial charge in [-0.25, -0.2) is 4.79 Å². The highest BCUT2D eigenvalue weighted by Gasteiger charge is 2.37. The maximum Gasteiger partial charge on any atom is 0.319 e. The van der Waals surface area contributed by atoms with E-state index in [-0.39, 0.29) is 24.5 Å². The maximum atomic E-state index is 12.6. The largest absolute Gasteiger partial charge is 0.395 e. The number of carbonyl (C=O) groups excluding carboxylic acids is 2. The average molecular weight is 283 g/mol. The number of hydrogen-bond donors (Lipinski definition) is 1. The smallest absolute Gasteiger partial charge is 0.319 e. The summed E-state index contributed by atoms with van der Waals surface area (Å²) in [5.41, 5.74) is 0. The van der Waals surface area contributed by atoms with Gasteiger partial charge in [-0.15, -0.1) is 0 Å². The molecular weight excluding hydrogens is 258 g/mol. The second-order valence-corrected chi connectivity index (χ2v) is 5.95. The van der Waals surface area contributed by atoms with E-state index < -0.39 is 0 Å². The average Bonchev–Trinajstić information content (AvgIpc) is 3.27. The number of urea groups is 1. The van der Waals surface area contributed by atoms with Crippen molar-refractivity contribution in [3.63, 3.8) is 0 Å². The monoisotopic (exact) mass is 283 g/mol. The van der Waals surface area contributed by atoms with E-state index in [0.29, 0.717) is 19.1 Å². The summed E-state index contributed by atoms with van der Waals surface area (Å²) in [5, 5.41) is 9.11. The van der Waals surface area contributed by atoms with Crippen LogP contribution in [0.5, 0.6) is 0 Å². The van der Waals surface area contributed by atoms with Gasteiger partial charge in [0.15, 0.2) is 0 Å². The molecule has 0 aromatic carbocycles. The molecule has 1 N–H and O–H groups in total. The molecule has 2 fully saturated rings. The Bertz CT molecular complexity index is 369. The lowest BCUT2D eigenvalue weighted by molar-refractivity contribution is -0.138. The summed E-state index contributed by atoms with van der Waals surface area (Å²) >= 11 is 0. The van der Waals surface area contributed by atoms with E-state index in [4.69, 9.17) is 5.11 Å². The molecule has 6 nitrogen and oxygen atoms in total. The number of carbonyl (C=O) groups is 2. The van der Waals surface area contributed by atoms with E-state index in [1.807, 2.05) is 4.90 Å². The lowest BCUT2D eigenvalue weighted by atomic mass is 9.96. The summed E-state index contributed by atoms with van der Waals surface area (Å²) in [6.45, 7) is 1.66. The highest BCUT2D eigenvalue weighted by Crippen LogP contribution is 2.29. The molecule has 20 heavy (non-hydrogen) atoms. The first-order chi connectivity index (χ1) is 9.54. The van der Waals surface area contributed by atoms with Crippen LogP contribution in [0.2, 0.25) is 0 Å². The Hall–Kier alpha value is -1.30. The molecule has 1 saturated heterocycles. The van der Waals surface area contributed by atoms with Crippen LogP contribution in [-0.2, 0) is 4.79 Å². The Labute approximate surface area is 120 Å². The van der Waals surface area contributed by atoms with Crippen LogP contribution >= 0.6 is 0 Å². The first-order valence-electron chi connectivity index (χ1n) is 7.42. The van der Waals surface area contributed by atoms with Gasteiger partial charge in [0.05, 0.1) is 12.5 Å². The van der Waals surface area contributed by atoms with Crippen molar-refractivity contribution in [3.05, 3.63) is 0 Å². The Morgan fingerprint density at radius 1 is 1.25 bits per heavy atom. The van der Waals surface area contributed by atoms with Gasteiger partial charge in [0, 0.05) is 39.8 Å². The van der Waals surface area contributed by atoms with Crippen molar-refractivity contribution in [1.29, 1.82) is 0 Å². The number of aliphatic hydroxyl groups is 1. The van der Waals surface area contributed by atoms with Gasteiger partial charge >= 0.3 is 6.03 Å². The van der Waals surface area contributed by atoms with Gasteiger partial charge in [-0.1, -0.05) is 0 Å². The molecule has 3 amide bonds. The molecule has 1 aliphatic carbocycles. The number of rotatable bonds is 4. The van der Waals surface area contributed by atoms with E-state index >= 15 is 0 Å². The molecule has 0 aromatic rings. The molecule has 2 aliphatic rings. The van der Waals surface area contributed by atoms with Crippen LogP contribution in [0.3, 0.4) is 0 Å². The van der Waals surface area contributed by atoms with Crippen LogP contribution in [0.15, 0.2) is 0 Å². The summed E-state index contributed by atoms with van der Waals surface area (Å²) in [4.78, 5) is 29.7. The summed E-state index contributed by atoms with van der Waals surface area (Å²) in [6.07, 6.45) is 3.79. The molecule has 1 atom stereocenters. The standard InChI is InChI=1S/C14H25N3O3/c1-15(2)14(20)16-7-3-4-11(10-16)13(19)17(8-9-18)12-5-6-12/h11-12,18H,3-10H2,1-2H3. The molecule has 6 heteroatoms. The van der Waals surface area contributed by atoms with E-state index in [9.17, 15) is 9.59 Å². The molecule has 0 spiro atoms. The normalized spacial score (nSPS) is 22.6. The quantitative estimate of drug-likeness (QED) is 0.810. The Balaban J connectivity index is 1.96. The number of nitrogens with zero attached hydrogens (tertiary/aromatic N) is 3. The molecule has 1 heterocycles. The van der Waals surface area contributed by atoms with E-state index in [0.717, 1.165) is 32.2 Å². The number of likely N-dealkylation sites (tertiary alicyclic amines) is 1. The van der Waals surface area contributed by atoms with E-state index in [2.05, 4.69) is 0 Å². The first-order valence-corrected chi connectivity index (χ1v) is 7.42. The second-order valence-electron chi connectivity index (χ2n) is 5.95. The lowest BCUT2D eigenvalue weighted by Crippen LogP contribution is -2.50. The van der Waals surface area contributed by atoms with Crippen molar-refractivity contribution >= 4 is 11.9 Å². The van der Waals surface area contributed by atoms with Crippen molar-refractivity contribution in [1.82, 2.24) is 14.7 Å². The molecule has 2 rings (SSSR count). The number of piperidine rings is 1. The fraction of sp³-hybridized carbons (Fsp3) is 0.857. The van der Waals surface area contributed by atoms with Crippen molar-refractivity contribution in [2.24, 2.45) is 5.92 Å². The zero-order valence-electron chi connectivity index (χ0n) is 12.4. The highest BCUT2D eigenvalue weighted by molar-refractivity contribution is 5.81. The minimum atomic E-state index is -0.111. The van der Waals surface area contributed by atoms with Crippen LogP contribution in [0.25, 0.3) is 0 Å². The fourth-order valence-corrected chi connectivity index (χ4v) is 2.84. The highest BCUT2D eigenvalue weighted by atomic mass is 16.3. The number of amides is 3. The Kier molecular flexibility index (Phi) is 4.86. The van der Waals surface area contributed by atoms with Crippen LogP contribution < -0.4 is 0 Å².